The molecule has 2 nitrogen and oxygen atoms in total. The molecule has 0 spiro atoms. The third-order valence-electron chi connectivity index (χ3n) is 3.79. The van der Waals surface area contributed by atoms with E-state index >= 15 is 0 Å². The third kappa shape index (κ3) is 2.97. The van der Waals surface area contributed by atoms with Crippen LogP contribution in [0, 0.1) is 0 Å². The zero-order chi connectivity index (χ0) is 15.4. The van der Waals surface area contributed by atoms with Crippen LogP contribution in [-0.2, 0) is 0 Å². The van der Waals surface area contributed by atoms with Crippen LogP contribution >= 0.6 is 11.6 Å². The van der Waals surface area contributed by atoms with E-state index in [1.54, 1.807) is 7.11 Å². The summed E-state index contributed by atoms with van der Waals surface area (Å²) in [5.74, 6) is 2.48. The second-order valence-corrected chi connectivity index (χ2v) is 5.64. The maximum Gasteiger partial charge on any atom is 0.134 e. The van der Waals surface area contributed by atoms with Gasteiger partial charge < -0.3 is 9.47 Å². The van der Waals surface area contributed by atoms with E-state index in [1.165, 1.54) is 5.39 Å². The maximum atomic E-state index is 6.11. The average Bonchev–Trinajstić information content (AvgIpc) is 2.57. The number of alkyl halides is 1. The highest BCUT2D eigenvalue weighted by molar-refractivity contribution is 6.17. The molecular weight excluding hydrogens is 296 g/mol. The van der Waals surface area contributed by atoms with Crippen LogP contribution in [0.4, 0.5) is 0 Å². The van der Waals surface area contributed by atoms with Crippen LogP contribution in [0.15, 0.2) is 48.5 Å². The Hall–Kier alpha value is -1.93. The molecule has 0 aliphatic rings. The van der Waals surface area contributed by atoms with Gasteiger partial charge in [-0.15, -0.1) is 11.6 Å². The quantitative estimate of drug-likeness (QED) is 0.344. The molecule has 114 valence electrons. The van der Waals surface area contributed by atoms with Gasteiger partial charge in [-0.25, -0.2) is 0 Å². The first-order valence-electron chi connectivity index (χ1n) is 7.52. The first-order chi connectivity index (χ1) is 10.8. The molecule has 3 rings (SSSR count). The Bertz CT molecular complexity index is 783. The SMILES string of the molecule is COc1ccc2c(OCCCCCl)c3ccccc3cc2c1. The van der Waals surface area contributed by atoms with E-state index in [1.807, 2.05) is 24.3 Å². The van der Waals surface area contributed by atoms with Gasteiger partial charge >= 0.3 is 0 Å². The predicted octanol–water partition coefficient (Wildman–Crippen LogP) is 5.40. The summed E-state index contributed by atoms with van der Waals surface area (Å²) in [6, 6.07) is 16.6. The van der Waals surface area contributed by atoms with E-state index in [4.69, 9.17) is 21.1 Å². The van der Waals surface area contributed by atoms with Crippen molar-refractivity contribution in [1.82, 2.24) is 0 Å². The molecule has 0 saturated heterocycles. The van der Waals surface area contributed by atoms with Gasteiger partial charge in [0.15, 0.2) is 0 Å². The summed E-state index contributed by atoms with van der Waals surface area (Å²) in [6.07, 6.45) is 1.93. The van der Waals surface area contributed by atoms with Crippen LogP contribution in [0.1, 0.15) is 12.8 Å². The number of hydrogen-bond donors (Lipinski definition) is 0. The molecule has 0 atom stereocenters. The van der Waals surface area contributed by atoms with Crippen LogP contribution in [0.5, 0.6) is 11.5 Å². The summed E-state index contributed by atoms with van der Waals surface area (Å²) in [7, 11) is 1.69. The van der Waals surface area contributed by atoms with Crippen molar-refractivity contribution in [3.8, 4) is 11.5 Å². The molecule has 0 N–H and O–H groups in total. The molecule has 22 heavy (non-hydrogen) atoms. The Balaban J connectivity index is 2.10. The highest BCUT2D eigenvalue weighted by Gasteiger charge is 2.09. The molecule has 0 heterocycles. The molecule has 0 saturated carbocycles. The van der Waals surface area contributed by atoms with E-state index in [-0.39, 0.29) is 0 Å². The number of methoxy groups -OCH3 is 1. The van der Waals surface area contributed by atoms with E-state index < -0.39 is 0 Å². The van der Waals surface area contributed by atoms with Gasteiger partial charge in [0.1, 0.15) is 11.5 Å². The summed E-state index contributed by atoms with van der Waals surface area (Å²) in [4.78, 5) is 0. The summed E-state index contributed by atoms with van der Waals surface area (Å²) >= 11 is 5.74. The second-order valence-electron chi connectivity index (χ2n) is 5.26. The topological polar surface area (TPSA) is 18.5 Å². The van der Waals surface area contributed by atoms with Gasteiger partial charge in [0.25, 0.3) is 0 Å². The van der Waals surface area contributed by atoms with Crippen molar-refractivity contribution in [2.45, 2.75) is 12.8 Å². The van der Waals surface area contributed by atoms with Crippen molar-refractivity contribution >= 4 is 33.1 Å². The monoisotopic (exact) mass is 314 g/mol. The van der Waals surface area contributed by atoms with E-state index in [9.17, 15) is 0 Å². The van der Waals surface area contributed by atoms with Gasteiger partial charge in [0, 0.05) is 16.7 Å². The fraction of sp³-hybridized carbons (Fsp3) is 0.263. The Morgan fingerprint density at radius 1 is 0.909 bits per heavy atom. The lowest BCUT2D eigenvalue weighted by atomic mass is 10.0. The number of rotatable bonds is 6. The lowest BCUT2D eigenvalue weighted by Gasteiger charge is -2.13. The Morgan fingerprint density at radius 3 is 2.55 bits per heavy atom. The van der Waals surface area contributed by atoms with E-state index in [0.29, 0.717) is 12.5 Å². The van der Waals surface area contributed by atoms with Gasteiger partial charge in [0.05, 0.1) is 13.7 Å². The van der Waals surface area contributed by atoms with Crippen LogP contribution in [0.3, 0.4) is 0 Å². The largest absolute Gasteiger partial charge is 0.497 e. The Labute approximate surface area is 135 Å². The highest BCUT2D eigenvalue weighted by Crippen LogP contribution is 2.36. The number of benzene rings is 3. The molecule has 0 amide bonds. The molecule has 0 aliphatic carbocycles. The zero-order valence-corrected chi connectivity index (χ0v) is 13.4. The number of hydrogen-bond acceptors (Lipinski definition) is 2. The van der Waals surface area contributed by atoms with E-state index in [0.717, 1.165) is 40.5 Å². The molecule has 0 bridgehead atoms. The molecule has 3 aromatic rings. The average molecular weight is 315 g/mol. The third-order valence-corrected chi connectivity index (χ3v) is 4.06. The summed E-state index contributed by atoms with van der Waals surface area (Å²) < 4.78 is 11.4. The van der Waals surface area contributed by atoms with Gasteiger partial charge in [-0.1, -0.05) is 24.3 Å². The molecule has 0 radical (unpaired) electrons. The standard InChI is InChI=1S/C19H19ClO2/c1-21-16-8-9-18-15(13-16)12-14-6-2-3-7-17(14)19(18)22-11-5-4-10-20/h2-3,6-9,12-13H,4-5,10-11H2,1H3. The first-order valence-corrected chi connectivity index (χ1v) is 8.05. The summed E-state index contributed by atoms with van der Waals surface area (Å²) in [6.45, 7) is 0.682. The smallest absolute Gasteiger partial charge is 0.134 e. The lowest BCUT2D eigenvalue weighted by molar-refractivity contribution is 0.316. The normalized spacial score (nSPS) is 11.0. The molecule has 0 unspecified atom stereocenters. The molecule has 0 fully saturated rings. The van der Waals surface area contributed by atoms with Crippen molar-refractivity contribution in [3.63, 3.8) is 0 Å². The van der Waals surface area contributed by atoms with Crippen LogP contribution < -0.4 is 9.47 Å². The van der Waals surface area contributed by atoms with Crippen LogP contribution in [0.25, 0.3) is 21.5 Å². The fourth-order valence-corrected chi connectivity index (χ4v) is 2.85. The van der Waals surface area contributed by atoms with Crippen molar-refractivity contribution in [3.05, 3.63) is 48.5 Å². The molecule has 3 aromatic carbocycles. The van der Waals surface area contributed by atoms with Crippen LogP contribution in [-0.4, -0.2) is 19.6 Å². The second kappa shape index (κ2) is 6.89. The number of halogens is 1. The zero-order valence-electron chi connectivity index (χ0n) is 12.6. The maximum absolute atomic E-state index is 6.11. The summed E-state index contributed by atoms with van der Waals surface area (Å²) in [5.41, 5.74) is 0. The van der Waals surface area contributed by atoms with E-state index in [2.05, 4.69) is 24.3 Å². The Morgan fingerprint density at radius 2 is 1.73 bits per heavy atom. The first kappa shape index (κ1) is 15.0. The van der Waals surface area contributed by atoms with Gasteiger partial charge in [0.2, 0.25) is 0 Å². The fourth-order valence-electron chi connectivity index (χ4n) is 2.66. The van der Waals surface area contributed by atoms with Crippen molar-refractivity contribution in [1.29, 1.82) is 0 Å². The molecule has 0 aromatic heterocycles. The number of unbranched alkanes of at least 4 members (excludes halogenated alkanes) is 1. The lowest BCUT2D eigenvalue weighted by Crippen LogP contribution is -1.99. The predicted molar refractivity (Wildman–Crippen MR) is 93.5 cm³/mol. The molecule has 3 heteroatoms. The minimum Gasteiger partial charge on any atom is -0.497 e. The van der Waals surface area contributed by atoms with Crippen LogP contribution in [0.2, 0.25) is 0 Å². The molecular formula is C19H19ClO2. The highest BCUT2D eigenvalue weighted by atomic mass is 35.5. The summed E-state index contributed by atoms with van der Waals surface area (Å²) in [5, 5.41) is 4.57. The minimum atomic E-state index is 0.677. The number of ether oxygens (including phenoxy) is 2. The molecule has 0 aliphatic heterocycles. The van der Waals surface area contributed by atoms with Gasteiger partial charge in [-0.3, -0.25) is 0 Å². The van der Waals surface area contributed by atoms with Gasteiger partial charge in [-0.05, 0) is 47.9 Å². The van der Waals surface area contributed by atoms with Crippen molar-refractivity contribution in [2.24, 2.45) is 0 Å². The van der Waals surface area contributed by atoms with Crippen molar-refractivity contribution in [2.75, 3.05) is 19.6 Å². The minimum absolute atomic E-state index is 0.677. The number of fused-ring (bicyclic) bond motifs is 2. The Kier molecular flexibility index (Phi) is 4.69. The van der Waals surface area contributed by atoms with Gasteiger partial charge in [-0.2, -0.15) is 0 Å². The van der Waals surface area contributed by atoms with Crippen molar-refractivity contribution < 1.29 is 9.47 Å².